The van der Waals surface area contributed by atoms with Crippen LogP contribution < -0.4 is 4.72 Å². The average Bonchev–Trinajstić information content (AvgIpc) is 2.94. The summed E-state index contributed by atoms with van der Waals surface area (Å²) in [7, 11) is -2.58. The van der Waals surface area contributed by atoms with E-state index in [4.69, 9.17) is 9.73 Å². The number of carbonyl (C=O) groups is 1. The van der Waals surface area contributed by atoms with Gasteiger partial charge in [-0.25, -0.2) is 17.9 Å². The molecule has 3 aromatic rings. The quantitative estimate of drug-likeness (QED) is 0.308. The standard InChI is InChI=1S/C30H34N2O4S/c1-22-18-20-26(21-19-22)37(34,35)32-28(25-16-10-5-11-17-25)29(30(33)36-2)31-27(23-12-6-3-7-13-23)24-14-8-4-9-15-24/h3-4,6-9,12-15,18-21,25,28-29,32H,5,10-11,16-17H2,1-2H3/t28-,29-/m1/s1. The number of esters is 1. The Labute approximate surface area is 219 Å². The molecule has 1 fully saturated rings. The van der Waals surface area contributed by atoms with E-state index in [2.05, 4.69) is 4.72 Å². The Hall–Kier alpha value is -3.29. The lowest BCUT2D eigenvalue weighted by Gasteiger charge is -2.33. The van der Waals surface area contributed by atoms with Gasteiger partial charge >= 0.3 is 5.97 Å². The number of hydrogen-bond acceptors (Lipinski definition) is 5. The predicted octanol–water partition coefficient (Wildman–Crippen LogP) is 5.30. The Morgan fingerprint density at radius 2 is 1.41 bits per heavy atom. The number of sulfonamides is 1. The zero-order chi connectivity index (χ0) is 26.3. The Morgan fingerprint density at radius 3 is 1.92 bits per heavy atom. The molecule has 0 aliphatic heterocycles. The average molecular weight is 519 g/mol. The highest BCUT2D eigenvalue weighted by molar-refractivity contribution is 7.89. The van der Waals surface area contributed by atoms with Gasteiger partial charge in [0.15, 0.2) is 6.04 Å². The van der Waals surface area contributed by atoms with Crippen LogP contribution in [0.5, 0.6) is 0 Å². The maximum atomic E-state index is 13.5. The number of ether oxygens (including phenoxy) is 1. The third kappa shape index (κ3) is 6.73. The smallest absolute Gasteiger partial charge is 0.332 e. The van der Waals surface area contributed by atoms with Crippen molar-refractivity contribution in [2.75, 3.05) is 7.11 Å². The van der Waals surface area contributed by atoms with Gasteiger partial charge in [-0.3, -0.25) is 4.99 Å². The Bertz CT molecular complexity index is 1260. The summed E-state index contributed by atoms with van der Waals surface area (Å²) >= 11 is 0. The fourth-order valence-electron chi connectivity index (χ4n) is 4.92. The molecule has 3 aromatic carbocycles. The molecule has 0 heterocycles. The Balaban J connectivity index is 1.82. The molecule has 0 saturated heterocycles. The molecule has 4 rings (SSSR count). The Kier molecular flexibility index (Phi) is 8.90. The lowest BCUT2D eigenvalue weighted by atomic mass is 9.81. The van der Waals surface area contributed by atoms with Crippen LogP contribution in [-0.2, 0) is 19.6 Å². The van der Waals surface area contributed by atoms with Gasteiger partial charge in [0, 0.05) is 11.1 Å². The van der Waals surface area contributed by atoms with Gasteiger partial charge in [-0.1, -0.05) is 97.6 Å². The number of aliphatic imine (C=N–C) groups is 1. The molecule has 1 aliphatic carbocycles. The van der Waals surface area contributed by atoms with Crippen molar-refractivity contribution in [3.05, 3.63) is 102 Å². The van der Waals surface area contributed by atoms with E-state index in [-0.39, 0.29) is 10.8 Å². The minimum atomic E-state index is -3.90. The van der Waals surface area contributed by atoms with Crippen LogP contribution in [0.3, 0.4) is 0 Å². The first-order valence-electron chi connectivity index (χ1n) is 12.7. The Morgan fingerprint density at radius 1 is 0.865 bits per heavy atom. The van der Waals surface area contributed by atoms with Crippen molar-refractivity contribution in [2.24, 2.45) is 10.9 Å². The second-order valence-electron chi connectivity index (χ2n) is 9.54. The monoisotopic (exact) mass is 518 g/mol. The van der Waals surface area contributed by atoms with Gasteiger partial charge in [0.05, 0.1) is 23.8 Å². The molecule has 0 radical (unpaired) electrons. The van der Waals surface area contributed by atoms with Crippen molar-refractivity contribution in [3.8, 4) is 0 Å². The highest BCUT2D eigenvalue weighted by atomic mass is 32.2. The molecule has 1 saturated carbocycles. The van der Waals surface area contributed by atoms with Crippen molar-refractivity contribution in [1.82, 2.24) is 4.72 Å². The van der Waals surface area contributed by atoms with Gasteiger partial charge in [-0.05, 0) is 37.8 Å². The number of carbonyl (C=O) groups excluding carboxylic acids is 1. The van der Waals surface area contributed by atoms with E-state index < -0.39 is 28.1 Å². The summed E-state index contributed by atoms with van der Waals surface area (Å²) < 4.78 is 35.2. The largest absolute Gasteiger partial charge is 0.467 e. The molecule has 6 nitrogen and oxygen atoms in total. The zero-order valence-electron chi connectivity index (χ0n) is 21.3. The number of aryl methyl sites for hydroxylation is 1. The van der Waals surface area contributed by atoms with Crippen LogP contribution in [0.4, 0.5) is 0 Å². The molecule has 2 atom stereocenters. The summed E-state index contributed by atoms with van der Waals surface area (Å²) in [5.74, 6) is -0.610. The molecule has 194 valence electrons. The minimum absolute atomic E-state index is 0.0466. The number of methoxy groups -OCH3 is 1. The normalized spacial score (nSPS) is 15.9. The van der Waals surface area contributed by atoms with Gasteiger partial charge in [0.25, 0.3) is 0 Å². The van der Waals surface area contributed by atoms with E-state index in [1.165, 1.54) is 7.11 Å². The highest BCUT2D eigenvalue weighted by Crippen LogP contribution is 2.31. The summed E-state index contributed by atoms with van der Waals surface area (Å²) in [6.07, 6.45) is 4.69. The third-order valence-corrected chi connectivity index (χ3v) is 8.40. The molecular formula is C30H34N2O4S. The molecule has 37 heavy (non-hydrogen) atoms. The van der Waals surface area contributed by atoms with Crippen LogP contribution >= 0.6 is 0 Å². The van der Waals surface area contributed by atoms with Crippen molar-refractivity contribution >= 4 is 21.7 Å². The first-order chi connectivity index (χ1) is 17.9. The molecule has 0 bridgehead atoms. The van der Waals surface area contributed by atoms with Gasteiger partial charge in [0.2, 0.25) is 10.0 Å². The van der Waals surface area contributed by atoms with Gasteiger partial charge in [0.1, 0.15) is 0 Å². The number of rotatable bonds is 9. The first kappa shape index (κ1) is 26.8. The van der Waals surface area contributed by atoms with Crippen molar-refractivity contribution < 1.29 is 17.9 Å². The van der Waals surface area contributed by atoms with E-state index in [1.54, 1.807) is 24.3 Å². The maximum Gasteiger partial charge on any atom is 0.332 e. The van der Waals surface area contributed by atoms with E-state index >= 15 is 0 Å². The second kappa shape index (κ2) is 12.3. The van der Waals surface area contributed by atoms with Crippen LogP contribution in [0.2, 0.25) is 0 Å². The maximum absolute atomic E-state index is 13.5. The van der Waals surface area contributed by atoms with Gasteiger partial charge < -0.3 is 4.74 Å². The topological polar surface area (TPSA) is 84.8 Å². The van der Waals surface area contributed by atoms with E-state index in [0.717, 1.165) is 48.8 Å². The second-order valence-corrected chi connectivity index (χ2v) is 11.2. The molecule has 0 amide bonds. The first-order valence-corrected chi connectivity index (χ1v) is 14.2. The molecule has 1 N–H and O–H groups in total. The lowest BCUT2D eigenvalue weighted by molar-refractivity contribution is -0.143. The molecule has 1 aliphatic rings. The zero-order valence-corrected chi connectivity index (χ0v) is 22.2. The number of hydrogen-bond donors (Lipinski definition) is 1. The molecule has 0 spiro atoms. The highest BCUT2D eigenvalue weighted by Gasteiger charge is 2.39. The predicted molar refractivity (Wildman–Crippen MR) is 146 cm³/mol. The van der Waals surface area contributed by atoms with E-state index in [0.29, 0.717) is 5.71 Å². The van der Waals surface area contributed by atoms with Crippen LogP contribution in [0.25, 0.3) is 0 Å². The molecular weight excluding hydrogens is 484 g/mol. The third-order valence-electron chi connectivity index (χ3n) is 6.93. The SMILES string of the molecule is COC(=O)[C@H](N=C(c1ccccc1)c1ccccc1)[C@H](NS(=O)(=O)c1ccc(C)cc1)C1CCCCC1. The van der Waals surface area contributed by atoms with E-state index in [9.17, 15) is 13.2 Å². The fourth-order valence-corrected chi connectivity index (χ4v) is 6.23. The lowest BCUT2D eigenvalue weighted by Crippen LogP contribution is -2.51. The summed E-state index contributed by atoms with van der Waals surface area (Å²) in [6.45, 7) is 1.91. The summed E-state index contributed by atoms with van der Waals surface area (Å²) in [5, 5.41) is 0. The molecule has 0 unspecified atom stereocenters. The van der Waals surface area contributed by atoms with Crippen LogP contribution in [0.15, 0.2) is 94.8 Å². The molecule has 7 heteroatoms. The van der Waals surface area contributed by atoms with Crippen molar-refractivity contribution in [2.45, 2.75) is 56.0 Å². The van der Waals surface area contributed by atoms with E-state index in [1.807, 2.05) is 67.6 Å². The summed E-state index contributed by atoms with van der Waals surface area (Å²) in [4.78, 5) is 18.4. The van der Waals surface area contributed by atoms with Crippen LogP contribution in [-0.4, -0.2) is 39.3 Å². The summed E-state index contributed by atoms with van der Waals surface area (Å²) in [6, 6.07) is 24.2. The van der Waals surface area contributed by atoms with Crippen molar-refractivity contribution in [1.29, 1.82) is 0 Å². The van der Waals surface area contributed by atoms with Gasteiger partial charge in [-0.2, -0.15) is 0 Å². The van der Waals surface area contributed by atoms with Crippen LogP contribution in [0.1, 0.15) is 48.8 Å². The molecule has 0 aromatic heterocycles. The van der Waals surface area contributed by atoms with Gasteiger partial charge in [-0.15, -0.1) is 0 Å². The number of nitrogens with zero attached hydrogens (tertiary/aromatic N) is 1. The number of benzene rings is 3. The number of nitrogens with one attached hydrogen (secondary N) is 1. The van der Waals surface area contributed by atoms with Crippen LogP contribution in [0, 0.1) is 12.8 Å². The fraction of sp³-hybridized carbons (Fsp3) is 0.333. The minimum Gasteiger partial charge on any atom is -0.467 e. The van der Waals surface area contributed by atoms with Crippen molar-refractivity contribution in [3.63, 3.8) is 0 Å². The summed E-state index contributed by atoms with van der Waals surface area (Å²) in [5.41, 5.74) is 3.26.